The van der Waals surface area contributed by atoms with Gasteiger partial charge in [-0.1, -0.05) is 30.3 Å². The molecule has 148 valence electrons. The Morgan fingerprint density at radius 1 is 1.29 bits per heavy atom. The molecule has 0 radical (unpaired) electrons. The van der Waals surface area contributed by atoms with Gasteiger partial charge in [0.15, 0.2) is 0 Å². The molecular formula is C21H26N4O3. The highest BCUT2D eigenvalue weighted by Gasteiger charge is 2.29. The van der Waals surface area contributed by atoms with Crippen LogP contribution in [0.5, 0.6) is 0 Å². The molecular weight excluding hydrogens is 356 g/mol. The molecule has 2 heterocycles. The van der Waals surface area contributed by atoms with Crippen LogP contribution in [0.3, 0.4) is 0 Å². The molecule has 1 N–H and O–H groups in total. The largest absolute Gasteiger partial charge is 0.383 e. The second kappa shape index (κ2) is 9.94. The van der Waals surface area contributed by atoms with E-state index in [9.17, 15) is 9.59 Å². The van der Waals surface area contributed by atoms with E-state index in [1.807, 2.05) is 36.4 Å². The smallest absolute Gasteiger partial charge is 0.224 e. The summed E-state index contributed by atoms with van der Waals surface area (Å²) < 4.78 is 5.04. The van der Waals surface area contributed by atoms with Crippen molar-refractivity contribution in [2.45, 2.75) is 19.3 Å². The number of rotatable bonds is 8. The van der Waals surface area contributed by atoms with Gasteiger partial charge in [-0.05, 0) is 12.5 Å². The molecule has 0 bridgehead atoms. The van der Waals surface area contributed by atoms with E-state index in [1.54, 1.807) is 18.2 Å². The van der Waals surface area contributed by atoms with Gasteiger partial charge in [0.25, 0.3) is 0 Å². The van der Waals surface area contributed by atoms with Crippen molar-refractivity contribution >= 4 is 11.8 Å². The summed E-state index contributed by atoms with van der Waals surface area (Å²) in [6, 6.07) is 11.8. The molecule has 0 unspecified atom stereocenters. The molecule has 1 atom stereocenters. The summed E-state index contributed by atoms with van der Waals surface area (Å²) in [6.45, 7) is 1.93. The Morgan fingerprint density at radius 2 is 2.11 bits per heavy atom. The highest BCUT2D eigenvalue weighted by atomic mass is 16.5. The Kier molecular flexibility index (Phi) is 7.08. The van der Waals surface area contributed by atoms with Crippen LogP contribution in [0.15, 0.2) is 42.6 Å². The van der Waals surface area contributed by atoms with Crippen molar-refractivity contribution in [3.05, 3.63) is 48.4 Å². The van der Waals surface area contributed by atoms with Crippen LogP contribution in [-0.4, -0.2) is 60.0 Å². The first-order chi connectivity index (χ1) is 13.7. The number of benzene rings is 1. The van der Waals surface area contributed by atoms with Gasteiger partial charge in [0.05, 0.1) is 18.2 Å². The lowest BCUT2D eigenvalue weighted by molar-refractivity contribution is -0.138. The zero-order chi connectivity index (χ0) is 19.8. The van der Waals surface area contributed by atoms with Gasteiger partial charge in [0.2, 0.25) is 11.8 Å². The van der Waals surface area contributed by atoms with E-state index in [0.29, 0.717) is 51.3 Å². The fraction of sp³-hybridized carbons (Fsp3) is 0.429. The fourth-order valence-electron chi connectivity index (χ4n) is 3.28. The molecule has 0 saturated carbocycles. The van der Waals surface area contributed by atoms with E-state index in [-0.39, 0.29) is 17.7 Å². The van der Waals surface area contributed by atoms with Crippen LogP contribution in [0.2, 0.25) is 0 Å². The first-order valence-electron chi connectivity index (χ1n) is 9.59. The lowest BCUT2D eigenvalue weighted by atomic mass is 9.96. The number of likely N-dealkylation sites (tertiary alicyclic amines) is 1. The normalized spacial score (nSPS) is 16.8. The topological polar surface area (TPSA) is 84.4 Å². The minimum atomic E-state index is -0.175. The quantitative estimate of drug-likeness (QED) is 0.751. The lowest BCUT2D eigenvalue weighted by Gasteiger charge is -2.31. The first-order valence-corrected chi connectivity index (χ1v) is 9.59. The van der Waals surface area contributed by atoms with Crippen molar-refractivity contribution in [1.29, 1.82) is 0 Å². The van der Waals surface area contributed by atoms with Gasteiger partial charge in [-0.3, -0.25) is 9.59 Å². The third kappa shape index (κ3) is 5.36. The Bertz CT molecular complexity index is 797. The van der Waals surface area contributed by atoms with Gasteiger partial charge < -0.3 is 15.0 Å². The number of carbonyl (C=O) groups is 2. The molecule has 1 saturated heterocycles. The molecule has 0 aliphatic carbocycles. The van der Waals surface area contributed by atoms with Crippen LogP contribution in [0.1, 0.15) is 18.7 Å². The zero-order valence-corrected chi connectivity index (χ0v) is 16.1. The maximum absolute atomic E-state index is 12.5. The van der Waals surface area contributed by atoms with Crippen molar-refractivity contribution < 1.29 is 14.3 Å². The predicted octanol–water partition coefficient (Wildman–Crippen LogP) is 1.69. The molecule has 1 aromatic carbocycles. The average Bonchev–Trinajstić information content (AvgIpc) is 2.74. The van der Waals surface area contributed by atoms with Crippen LogP contribution in [-0.2, 0) is 20.7 Å². The fourth-order valence-corrected chi connectivity index (χ4v) is 3.28. The Hall–Kier alpha value is -2.80. The van der Waals surface area contributed by atoms with E-state index < -0.39 is 0 Å². The lowest BCUT2D eigenvalue weighted by Crippen LogP contribution is -2.47. The van der Waals surface area contributed by atoms with Gasteiger partial charge in [0, 0.05) is 51.3 Å². The molecule has 2 amide bonds. The van der Waals surface area contributed by atoms with E-state index >= 15 is 0 Å². The summed E-state index contributed by atoms with van der Waals surface area (Å²) in [7, 11) is 1.60. The molecule has 7 nitrogen and oxygen atoms in total. The van der Waals surface area contributed by atoms with Gasteiger partial charge >= 0.3 is 0 Å². The van der Waals surface area contributed by atoms with Crippen LogP contribution < -0.4 is 5.32 Å². The van der Waals surface area contributed by atoms with E-state index in [1.165, 1.54) is 0 Å². The molecule has 0 spiro atoms. The Morgan fingerprint density at radius 3 is 2.89 bits per heavy atom. The summed E-state index contributed by atoms with van der Waals surface area (Å²) in [5.74, 6) is 0.592. The third-order valence-corrected chi connectivity index (χ3v) is 4.86. The highest BCUT2D eigenvalue weighted by molar-refractivity contribution is 5.83. The molecule has 3 rings (SSSR count). The molecule has 1 aliphatic heterocycles. The predicted molar refractivity (Wildman–Crippen MR) is 105 cm³/mol. The maximum atomic E-state index is 12.5. The average molecular weight is 382 g/mol. The number of hydrogen-bond acceptors (Lipinski definition) is 5. The number of hydrogen-bond donors (Lipinski definition) is 1. The monoisotopic (exact) mass is 382 g/mol. The number of ether oxygens (including phenoxy) is 1. The standard InChI is InChI=1S/C21H26N4O3/c1-28-14-13-25-15-17(7-8-20(25)26)21(27)23-12-10-19-22-11-9-18(24-19)16-5-3-2-4-6-16/h2-6,9,11,17H,7-8,10,12-15H2,1H3,(H,23,27)/t17-/m0/s1. The summed E-state index contributed by atoms with van der Waals surface area (Å²) >= 11 is 0. The van der Waals surface area contributed by atoms with Crippen LogP contribution in [0, 0.1) is 5.92 Å². The third-order valence-electron chi connectivity index (χ3n) is 4.86. The Balaban J connectivity index is 1.49. The second-order valence-corrected chi connectivity index (χ2v) is 6.83. The SMILES string of the molecule is COCCN1C[C@@H](C(=O)NCCc2nccc(-c3ccccc3)n2)CCC1=O. The zero-order valence-electron chi connectivity index (χ0n) is 16.1. The van der Waals surface area contributed by atoms with Crippen molar-refractivity contribution in [2.24, 2.45) is 5.92 Å². The summed E-state index contributed by atoms with van der Waals surface area (Å²) in [4.78, 5) is 35.0. The molecule has 1 fully saturated rings. The maximum Gasteiger partial charge on any atom is 0.224 e. The molecule has 1 aliphatic rings. The number of nitrogens with zero attached hydrogens (tertiary/aromatic N) is 3. The van der Waals surface area contributed by atoms with Crippen molar-refractivity contribution in [3.63, 3.8) is 0 Å². The van der Waals surface area contributed by atoms with Crippen LogP contribution in [0.4, 0.5) is 0 Å². The summed E-state index contributed by atoms with van der Waals surface area (Å²) in [5.41, 5.74) is 1.91. The van der Waals surface area contributed by atoms with Crippen molar-refractivity contribution in [3.8, 4) is 11.3 Å². The van der Waals surface area contributed by atoms with E-state index in [0.717, 1.165) is 11.3 Å². The molecule has 28 heavy (non-hydrogen) atoms. The second-order valence-electron chi connectivity index (χ2n) is 6.83. The number of amides is 2. The minimum absolute atomic E-state index is 0.0193. The summed E-state index contributed by atoms with van der Waals surface area (Å²) in [5, 5.41) is 2.96. The van der Waals surface area contributed by atoms with Gasteiger partial charge in [-0.25, -0.2) is 9.97 Å². The van der Waals surface area contributed by atoms with E-state index in [2.05, 4.69) is 15.3 Å². The number of nitrogens with one attached hydrogen (secondary N) is 1. The highest BCUT2D eigenvalue weighted by Crippen LogP contribution is 2.18. The van der Waals surface area contributed by atoms with Crippen LogP contribution >= 0.6 is 0 Å². The molecule has 1 aromatic heterocycles. The van der Waals surface area contributed by atoms with E-state index in [4.69, 9.17) is 4.74 Å². The Labute approximate surface area is 165 Å². The number of aromatic nitrogens is 2. The van der Waals surface area contributed by atoms with Crippen LogP contribution in [0.25, 0.3) is 11.3 Å². The van der Waals surface area contributed by atoms with Gasteiger partial charge in [-0.15, -0.1) is 0 Å². The summed E-state index contributed by atoms with van der Waals surface area (Å²) in [6.07, 6.45) is 3.30. The van der Waals surface area contributed by atoms with Gasteiger partial charge in [0.1, 0.15) is 5.82 Å². The van der Waals surface area contributed by atoms with Gasteiger partial charge in [-0.2, -0.15) is 0 Å². The van der Waals surface area contributed by atoms with Crippen molar-refractivity contribution in [1.82, 2.24) is 20.2 Å². The number of methoxy groups -OCH3 is 1. The van der Waals surface area contributed by atoms with Crippen molar-refractivity contribution in [2.75, 3.05) is 33.4 Å². The minimum Gasteiger partial charge on any atom is -0.383 e. The number of piperidine rings is 1. The molecule has 7 heteroatoms. The first kappa shape index (κ1) is 19.9. The molecule has 2 aromatic rings. The number of carbonyl (C=O) groups excluding carboxylic acids is 2.